The van der Waals surface area contributed by atoms with Gasteiger partial charge in [-0.15, -0.1) is 0 Å². The van der Waals surface area contributed by atoms with Crippen molar-refractivity contribution in [2.75, 3.05) is 12.3 Å². The Bertz CT molecular complexity index is 208. The largest absolute Gasteiger partial charge is 0.289 e. The van der Waals surface area contributed by atoms with Crippen LogP contribution in [0.5, 0.6) is 0 Å². The molecule has 0 unspecified atom stereocenters. The molecule has 11 heavy (non-hydrogen) atoms. The van der Waals surface area contributed by atoms with Crippen LogP contribution in [-0.4, -0.2) is 28.3 Å². The van der Waals surface area contributed by atoms with Gasteiger partial charge in [0.05, 0.1) is 5.75 Å². The average Bonchev–Trinajstić information content (AvgIpc) is 2.18. The second-order valence-corrected chi connectivity index (χ2v) is 3.42. The Morgan fingerprint density at radius 1 is 1.73 bits per heavy atom. The summed E-state index contributed by atoms with van der Waals surface area (Å²) in [5, 5.41) is -0.155. The van der Waals surface area contributed by atoms with Gasteiger partial charge in [0, 0.05) is 6.54 Å². The molecule has 0 radical (unpaired) electrons. The van der Waals surface area contributed by atoms with Gasteiger partial charge in [0.1, 0.15) is 0 Å². The lowest BCUT2D eigenvalue weighted by molar-refractivity contribution is -0.124. The van der Waals surface area contributed by atoms with Crippen LogP contribution in [0.15, 0.2) is 12.2 Å². The topological polar surface area (TPSA) is 37.4 Å². The normalized spacial score (nSPS) is 17.7. The maximum absolute atomic E-state index is 11.0. The lowest BCUT2D eigenvalue weighted by Gasteiger charge is -2.11. The third-order valence-corrected chi connectivity index (χ3v) is 2.13. The van der Waals surface area contributed by atoms with Crippen molar-refractivity contribution in [3.05, 3.63) is 12.2 Å². The maximum atomic E-state index is 11.0. The standard InChI is InChI=1S/C7H9NO2S/c1-5(2)3-8-6(9)4-11-7(8)10/h1,3-4H2,2H3. The zero-order valence-electron chi connectivity index (χ0n) is 6.29. The van der Waals surface area contributed by atoms with Gasteiger partial charge < -0.3 is 0 Å². The van der Waals surface area contributed by atoms with Crippen molar-refractivity contribution >= 4 is 22.9 Å². The van der Waals surface area contributed by atoms with Crippen LogP contribution in [-0.2, 0) is 4.79 Å². The highest BCUT2D eigenvalue weighted by atomic mass is 32.2. The smallest absolute Gasteiger partial charge is 0.273 e. The fraction of sp³-hybridized carbons (Fsp3) is 0.429. The van der Waals surface area contributed by atoms with Crippen molar-refractivity contribution in [1.82, 2.24) is 4.90 Å². The molecule has 0 bridgehead atoms. The summed E-state index contributed by atoms with van der Waals surface area (Å²) < 4.78 is 0. The van der Waals surface area contributed by atoms with Crippen LogP contribution in [0, 0.1) is 0 Å². The molecule has 4 heteroatoms. The van der Waals surface area contributed by atoms with Gasteiger partial charge in [-0.3, -0.25) is 14.5 Å². The first-order valence-corrected chi connectivity index (χ1v) is 4.21. The minimum atomic E-state index is -0.155. The van der Waals surface area contributed by atoms with E-state index in [9.17, 15) is 9.59 Å². The summed E-state index contributed by atoms with van der Waals surface area (Å²) in [5.41, 5.74) is 0.828. The Morgan fingerprint density at radius 3 is 2.73 bits per heavy atom. The van der Waals surface area contributed by atoms with Crippen LogP contribution in [0.25, 0.3) is 0 Å². The molecule has 0 atom stereocenters. The molecule has 1 fully saturated rings. The van der Waals surface area contributed by atoms with Crippen LogP contribution in [0.3, 0.4) is 0 Å². The molecule has 0 spiro atoms. The zero-order chi connectivity index (χ0) is 8.43. The molecule has 0 aromatic rings. The van der Waals surface area contributed by atoms with Crippen LogP contribution in [0.2, 0.25) is 0 Å². The SMILES string of the molecule is C=C(C)CN1C(=O)CSC1=O. The molecular formula is C7H9NO2S. The van der Waals surface area contributed by atoms with Crippen molar-refractivity contribution in [1.29, 1.82) is 0 Å². The van der Waals surface area contributed by atoms with Gasteiger partial charge in [0.25, 0.3) is 5.24 Å². The van der Waals surface area contributed by atoms with Gasteiger partial charge in [-0.1, -0.05) is 23.9 Å². The highest BCUT2D eigenvalue weighted by Gasteiger charge is 2.29. The average molecular weight is 171 g/mol. The van der Waals surface area contributed by atoms with E-state index in [0.29, 0.717) is 6.54 Å². The van der Waals surface area contributed by atoms with Gasteiger partial charge in [-0.05, 0) is 6.92 Å². The molecule has 1 aliphatic heterocycles. The van der Waals surface area contributed by atoms with Gasteiger partial charge in [-0.25, -0.2) is 0 Å². The van der Waals surface area contributed by atoms with E-state index >= 15 is 0 Å². The number of hydrogen-bond donors (Lipinski definition) is 0. The lowest BCUT2D eigenvalue weighted by Crippen LogP contribution is -2.29. The Morgan fingerprint density at radius 2 is 2.36 bits per heavy atom. The highest BCUT2D eigenvalue weighted by Crippen LogP contribution is 2.19. The molecule has 0 aromatic heterocycles. The van der Waals surface area contributed by atoms with E-state index in [2.05, 4.69) is 6.58 Å². The maximum Gasteiger partial charge on any atom is 0.289 e. The highest BCUT2D eigenvalue weighted by molar-refractivity contribution is 8.14. The van der Waals surface area contributed by atoms with E-state index in [4.69, 9.17) is 0 Å². The molecule has 0 saturated carbocycles. The Kier molecular flexibility index (Phi) is 2.34. The van der Waals surface area contributed by atoms with Gasteiger partial charge >= 0.3 is 0 Å². The van der Waals surface area contributed by atoms with E-state index in [1.807, 2.05) is 0 Å². The Balaban J connectivity index is 2.62. The Labute approximate surface area is 69.4 Å². The van der Waals surface area contributed by atoms with Crippen molar-refractivity contribution in [3.63, 3.8) is 0 Å². The van der Waals surface area contributed by atoms with Crippen molar-refractivity contribution < 1.29 is 9.59 Å². The summed E-state index contributed by atoms with van der Waals surface area (Å²) in [6.07, 6.45) is 0. The summed E-state index contributed by atoms with van der Waals surface area (Å²) in [6.45, 7) is 5.79. The van der Waals surface area contributed by atoms with Crippen molar-refractivity contribution in [2.45, 2.75) is 6.92 Å². The molecule has 60 valence electrons. The first-order valence-electron chi connectivity index (χ1n) is 3.23. The molecule has 0 aliphatic carbocycles. The van der Waals surface area contributed by atoms with Crippen LogP contribution < -0.4 is 0 Å². The summed E-state index contributed by atoms with van der Waals surface area (Å²) >= 11 is 1.05. The number of hydrogen-bond acceptors (Lipinski definition) is 3. The number of thioether (sulfide) groups is 1. The molecule has 0 aromatic carbocycles. The first-order chi connectivity index (χ1) is 5.11. The van der Waals surface area contributed by atoms with Crippen LogP contribution in [0.1, 0.15) is 6.92 Å². The van der Waals surface area contributed by atoms with Crippen molar-refractivity contribution in [2.24, 2.45) is 0 Å². The summed E-state index contributed by atoms with van der Waals surface area (Å²) in [4.78, 5) is 23.1. The van der Waals surface area contributed by atoms with E-state index in [1.54, 1.807) is 6.92 Å². The monoisotopic (exact) mass is 171 g/mol. The molecule has 1 aliphatic rings. The van der Waals surface area contributed by atoms with E-state index < -0.39 is 0 Å². The van der Waals surface area contributed by atoms with E-state index in [-0.39, 0.29) is 16.9 Å². The third kappa shape index (κ3) is 1.83. The minimum absolute atomic E-state index is 0.108. The van der Waals surface area contributed by atoms with E-state index in [0.717, 1.165) is 17.3 Å². The summed E-state index contributed by atoms with van der Waals surface area (Å²) in [5.74, 6) is 0.176. The second-order valence-electron chi connectivity index (χ2n) is 2.49. The summed E-state index contributed by atoms with van der Waals surface area (Å²) in [6, 6.07) is 0. The van der Waals surface area contributed by atoms with Gasteiger partial charge in [0.2, 0.25) is 5.91 Å². The van der Waals surface area contributed by atoms with E-state index in [1.165, 1.54) is 4.90 Å². The van der Waals surface area contributed by atoms with Gasteiger partial charge in [-0.2, -0.15) is 0 Å². The fourth-order valence-electron chi connectivity index (χ4n) is 0.804. The quantitative estimate of drug-likeness (QED) is 0.587. The molecule has 1 heterocycles. The lowest BCUT2D eigenvalue weighted by atomic mass is 10.3. The fourth-order valence-corrected chi connectivity index (χ4v) is 1.53. The molecule has 3 nitrogen and oxygen atoms in total. The number of amides is 2. The second kappa shape index (κ2) is 3.09. The number of nitrogens with zero attached hydrogens (tertiary/aromatic N) is 1. The van der Waals surface area contributed by atoms with Crippen LogP contribution in [0.4, 0.5) is 4.79 Å². The molecular weight excluding hydrogens is 162 g/mol. The van der Waals surface area contributed by atoms with Crippen molar-refractivity contribution in [3.8, 4) is 0 Å². The number of rotatable bonds is 2. The first kappa shape index (κ1) is 8.33. The predicted molar refractivity (Wildman–Crippen MR) is 44.4 cm³/mol. The minimum Gasteiger partial charge on any atom is -0.273 e. The Hall–Kier alpha value is -0.770. The van der Waals surface area contributed by atoms with Crippen LogP contribution >= 0.6 is 11.8 Å². The van der Waals surface area contributed by atoms with Gasteiger partial charge in [0.15, 0.2) is 0 Å². The molecule has 0 N–H and O–H groups in total. The predicted octanol–water partition coefficient (Wildman–Crippen LogP) is 1.26. The molecule has 2 amide bonds. The zero-order valence-corrected chi connectivity index (χ0v) is 7.11. The summed E-state index contributed by atoms with van der Waals surface area (Å²) in [7, 11) is 0. The number of carbonyl (C=O) groups excluding carboxylic acids is 2. The number of imide groups is 1. The number of carbonyl (C=O) groups is 2. The molecule has 1 rings (SSSR count). The third-order valence-electron chi connectivity index (χ3n) is 1.27. The molecule has 1 saturated heterocycles.